The van der Waals surface area contributed by atoms with Crippen molar-refractivity contribution in [3.8, 4) is 0 Å². The van der Waals surface area contributed by atoms with Crippen LogP contribution in [-0.4, -0.2) is 12.1 Å². The van der Waals surface area contributed by atoms with Crippen LogP contribution in [0.15, 0.2) is 12.7 Å². The molecule has 0 bridgehead atoms. The molecule has 2 atom stereocenters. The summed E-state index contributed by atoms with van der Waals surface area (Å²) in [6.07, 6.45) is 2.21. The molecule has 11 heavy (non-hydrogen) atoms. The Labute approximate surface area is 93.3 Å². The predicted octanol–water partition coefficient (Wildman–Crippen LogP) is 1.57. The van der Waals surface area contributed by atoms with Crippen LogP contribution in [0.3, 0.4) is 0 Å². The maximum atomic E-state index is 10.6. The second kappa shape index (κ2) is 5.90. The smallest absolute Gasteiger partial charge is 0.279 e. The van der Waals surface area contributed by atoms with Crippen LogP contribution in [0.4, 0.5) is 0 Å². The van der Waals surface area contributed by atoms with Crippen molar-refractivity contribution < 1.29 is 42.2 Å². The van der Waals surface area contributed by atoms with E-state index in [9.17, 15) is 4.79 Å². The summed E-state index contributed by atoms with van der Waals surface area (Å²) in [5.74, 6) is -0.395. The maximum Gasteiger partial charge on any atom is 0.279 e. The Morgan fingerprint density at radius 3 is 2.45 bits per heavy atom. The van der Waals surface area contributed by atoms with Gasteiger partial charge in [0.15, 0.2) is 0 Å². The molecule has 0 aromatic heterocycles. The van der Waals surface area contributed by atoms with Gasteiger partial charge in [0.25, 0.3) is 5.97 Å². The van der Waals surface area contributed by atoms with Crippen LogP contribution in [0, 0.1) is 12.8 Å². The summed E-state index contributed by atoms with van der Waals surface area (Å²) in [7, 11) is 0. The van der Waals surface area contributed by atoms with E-state index in [2.05, 4.69) is 13.5 Å². The average Bonchev–Trinajstić information content (AvgIpc) is 2.13. The molecule has 0 amide bonds. The predicted molar refractivity (Wildman–Crippen MR) is 40.3 cm³/mol. The van der Waals surface area contributed by atoms with Crippen LogP contribution in [-0.2, 0) is 42.2 Å². The largest absolute Gasteiger partial charge is 0.460 e. The van der Waals surface area contributed by atoms with E-state index in [1.807, 2.05) is 0 Å². The van der Waals surface area contributed by atoms with Crippen molar-refractivity contribution in [1.82, 2.24) is 0 Å². The molecule has 1 heterocycles. The van der Waals surface area contributed by atoms with Gasteiger partial charge in [-0.15, -0.1) is 0 Å². The Morgan fingerprint density at radius 2 is 2.27 bits per heavy atom. The Morgan fingerprint density at radius 1 is 1.73 bits per heavy atom. The van der Waals surface area contributed by atoms with E-state index in [1.165, 1.54) is 0 Å². The van der Waals surface area contributed by atoms with Gasteiger partial charge in [0.2, 0.25) is 0 Å². The van der Waals surface area contributed by atoms with Gasteiger partial charge in [-0.3, -0.25) is 4.79 Å². The number of cyclic esters (lactones) is 1. The van der Waals surface area contributed by atoms with Gasteiger partial charge >= 0.3 is 0 Å². The molecule has 2 unspecified atom stereocenters. The molecule has 0 spiro atoms. The zero-order valence-corrected chi connectivity index (χ0v) is 8.59. The summed E-state index contributed by atoms with van der Waals surface area (Å²) in [4.78, 5) is 10.6. The van der Waals surface area contributed by atoms with Crippen molar-refractivity contribution in [2.24, 2.45) is 5.92 Å². The quantitative estimate of drug-likeness (QED) is 0.388. The van der Waals surface area contributed by atoms with Crippen molar-refractivity contribution in [3.05, 3.63) is 19.6 Å². The second-order valence-corrected chi connectivity index (χ2v) is 2.14. The summed E-state index contributed by atoms with van der Waals surface area (Å²) >= 11 is 0. The number of carbonyl (C=O) groups excluding carboxylic acids is 1. The number of hydrogen-bond donors (Lipinski definition) is 0. The van der Waals surface area contributed by atoms with Gasteiger partial charge in [-0.1, -0.05) is 26.0 Å². The van der Waals surface area contributed by atoms with Gasteiger partial charge in [0, 0.05) is 32.7 Å². The van der Waals surface area contributed by atoms with Crippen molar-refractivity contribution >= 4 is 5.97 Å². The summed E-state index contributed by atoms with van der Waals surface area (Å²) in [5, 5.41) is 0. The second-order valence-electron chi connectivity index (χ2n) is 2.14. The van der Waals surface area contributed by atoms with Crippen LogP contribution >= 0.6 is 0 Å². The molecule has 1 saturated heterocycles. The minimum Gasteiger partial charge on any atom is -0.460 e. The summed E-state index contributed by atoms with van der Waals surface area (Å²) in [6.45, 7) is 7.10. The van der Waals surface area contributed by atoms with E-state index in [0.29, 0.717) is 6.42 Å². The monoisotopic (exact) mass is 230 g/mol. The Kier molecular flexibility index (Phi) is 7.44. The zero-order valence-electron chi connectivity index (χ0n) is 5.75. The number of hydrogen-bond acceptors (Lipinski definition) is 2. The molecular weight excluding hydrogens is 217 g/mol. The van der Waals surface area contributed by atoms with Crippen LogP contribution in [0.2, 0.25) is 0 Å². The molecule has 0 aromatic carbocycles. The first-order valence-electron chi connectivity index (χ1n) is 2.90. The minimum absolute atomic E-state index is 0. The number of ether oxygens (including phenoxy) is 1. The molecule has 1 rings (SSSR count). The molecule has 1 radical (unpaired) electrons. The zero-order chi connectivity index (χ0) is 6.85. The van der Waals surface area contributed by atoms with E-state index >= 15 is 0 Å². The molecule has 0 aromatic rings. The van der Waals surface area contributed by atoms with Crippen LogP contribution < -0.4 is 0 Å². The van der Waals surface area contributed by atoms with E-state index < -0.39 is 0 Å². The normalized spacial score (nSPS) is 27.9. The van der Waals surface area contributed by atoms with Crippen molar-refractivity contribution in [3.63, 3.8) is 0 Å². The number of esters is 1. The molecule has 1 aliphatic rings. The molecule has 1 fully saturated rings. The van der Waals surface area contributed by atoms with Crippen LogP contribution in [0.25, 0.3) is 0 Å². The van der Waals surface area contributed by atoms with Gasteiger partial charge in [0.05, 0.1) is 0 Å². The molecule has 61 valence electrons. The third-order valence-electron chi connectivity index (χ3n) is 1.38. The van der Waals surface area contributed by atoms with Crippen LogP contribution in [0.5, 0.6) is 0 Å². The van der Waals surface area contributed by atoms with Crippen molar-refractivity contribution in [2.75, 3.05) is 0 Å². The Hall–Kier alpha value is 0.314. The first-order chi connectivity index (χ1) is 4.24. The van der Waals surface area contributed by atoms with Gasteiger partial charge in [-0.05, 0) is 6.42 Å². The summed E-state index contributed by atoms with van der Waals surface area (Å²) in [5.41, 5.74) is 0. The fourth-order valence-electron chi connectivity index (χ4n) is 0.815. The van der Waals surface area contributed by atoms with E-state index in [0.717, 1.165) is 0 Å². The standard InChI is InChI=1S/C7H9O2.CH4.Y/c1-3-6-4-5(2)7(8)9-6;;/h3,5-6H,1-2,4H2;1H4;/q-1;;. The molecule has 0 N–H and O–H groups in total. The Bertz CT molecular complexity index is 145. The van der Waals surface area contributed by atoms with E-state index in [1.54, 1.807) is 6.08 Å². The van der Waals surface area contributed by atoms with E-state index in [4.69, 9.17) is 4.74 Å². The SMILES string of the molecule is C.C=CC1CC([CH2-])C(=O)O1.[Y]. The number of carbonyl (C=O) groups is 1. The summed E-state index contributed by atoms with van der Waals surface area (Å²) in [6, 6.07) is 0. The molecule has 2 nitrogen and oxygen atoms in total. The fraction of sp³-hybridized carbons (Fsp3) is 0.500. The first kappa shape index (κ1) is 13.9. The minimum atomic E-state index is -0.208. The van der Waals surface area contributed by atoms with E-state index in [-0.39, 0.29) is 58.1 Å². The first-order valence-corrected chi connectivity index (χ1v) is 2.90. The third-order valence-corrected chi connectivity index (χ3v) is 1.38. The molecular formula is C8H13O2Y-. The molecule has 0 saturated carbocycles. The van der Waals surface area contributed by atoms with Gasteiger partial charge in [0.1, 0.15) is 6.10 Å². The average molecular weight is 230 g/mol. The Balaban J connectivity index is 0. The van der Waals surface area contributed by atoms with Crippen molar-refractivity contribution in [2.45, 2.75) is 20.0 Å². The molecule has 0 aliphatic carbocycles. The fourth-order valence-corrected chi connectivity index (χ4v) is 0.815. The topological polar surface area (TPSA) is 26.3 Å². The summed E-state index contributed by atoms with van der Waals surface area (Å²) < 4.78 is 4.80. The molecule has 3 heteroatoms. The van der Waals surface area contributed by atoms with Crippen molar-refractivity contribution in [1.29, 1.82) is 0 Å². The third kappa shape index (κ3) is 3.48. The van der Waals surface area contributed by atoms with Gasteiger partial charge in [-0.2, -0.15) is 0 Å². The van der Waals surface area contributed by atoms with Crippen LogP contribution in [0.1, 0.15) is 13.8 Å². The maximum absolute atomic E-state index is 10.6. The number of rotatable bonds is 1. The van der Waals surface area contributed by atoms with Gasteiger partial charge in [-0.25, -0.2) is 0 Å². The van der Waals surface area contributed by atoms with Gasteiger partial charge < -0.3 is 11.7 Å². The molecule has 1 aliphatic heterocycles.